The van der Waals surface area contributed by atoms with Crippen molar-refractivity contribution < 1.29 is 4.74 Å². The first-order valence-corrected chi connectivity index (χ1v) is 4.78. The molecule has 0 atom stereocenters. The molecule has 0 fully saturated rings. The van der Waals surface area contributed by atoms with Gasteiger partial charge in [0.2, 0.25) is 0 Å². The molecule has 1 aromatic rings. The van der Waals surface area contributed by atoms with Crippen molar-refractivity contribution in [3.8, 4) is 5.75 Å². The summed E-state index contributed by atoms with van der Waals surface area (Å²) in [7, 11) is 1.68. The van der Waals surface area contributed by atoms with Gasteiger partial charge >= 0.3 is 0 Å². The zero-order valence-electron chi connectivity index (χ0n) is 7.60. The summed E-state index contributed by atoms with van der Waals surface area (Å²) in [5.74, 6) is 1.45. The van der Waals surface area contributed by atoms with E-state index < -0.39 is 0 Å². The molecule has 0 aliphatic carbocycles. The van der Waals surface area contributed by atoms with E-state index in [9.17, 15) is 0 Å². The molecule has 0 bridgehead atoms. The van der Waals surface area contributed by atoms with Gasteiger partial charge in [0, 0.05) is 0 Å². The first kappa shape index (κ1) is 9.59. The highest BCUT2D eigenvalue weighted by atomic mass is 79.9. The molecule has 0 heterocycles. The van der Waals surface area contributed by atoms with E-state index in [1.807, 2.05) is 6.07 Å². The fourth-order valence-corrected chi connectivity index (χ4v) is 1.60. The van der Waals surface area contributed by atoms with E-state index in [2.05, 4.69) is 41.9 Å². The smallest absolute Gasteiger partial charge is 0.133 e. The first-order chi connectivity index (χ1) is 5.65. The van der Waals surface area contributed by atoms with Gasteiger partial charge in [-0.2, -0.15) is 0 Å². The van der Waals surface area contributed by atoms with Crippen molar-refractivity contribution in [1.82, 2.24) is 0 Å². The lowest BCUT2D eigenvalue weighted by Crippen LogP contribution is -1.89. The van der Waals surface area contributed by atoms with Gasteiger partial charge in [-0.3, -0.25) is 0 Å². The van der Waals surface area contributed by atoms with Crippen molar-refractivity contribution in [2.75, 3.05) is 7.11 Å². The van der Waals surface area contributed by atoms with Crippen LogP contribution in [0.2, 0.25) is 0 Å². The standard InChI is InChI=1S/C10H13BrO/c1-7(2)8-4-5-10(12-3)9(11)6-8/h4-7H,1-3H3. The van der Waals surface area contributed by atoms with Crippen molar-refractivity contribution in [3.05, 3.63) is 28.2 Å². The Bertz CT molecular complexity index is 269. The number of benzene rings is 1. The average molecular weight is 229 g/mol. The number of hydrogen-bond donors (Lipinski definition) is 0. The summed E-state index contributed by atoms with van der Waals surface area (Å²) in [6.45, 7) is 4.35. The van der Waals surface area contributed by atoms with Crippen LogP contribution in [0.25, 0.3) is 0 Å². The Morgan fingerprint density at radius 1 is 1.33 bits per heavy atom. The second-order valence-electron chi connectivity index (χ2n) is 3.05. The monoisotopic (exact) mass is 228 g/mol. The second kappa shape index (κ2) is 3.94. The highest BCUT2D eigenvalue weighted by Crippen LogP contribution is 2.28. The Kier molecular flexibility index (Phi) is 3.15. The number of methoxy groups -OCH3 is 1. The molecule has 0 N–H and O–H groups in total. The summed E-state index contributed by atoms with van der Waals surface area (Å²) >= 11 is 3.45. The maximum absolute atomic E-state index is 5.13. The van der Waals surface area contributed by atoms with E-state index in [-0.39, 0.29) is 0 Å². The van der Waals surface area contributed by atoms with Crippen LogP contribution in [-0.2, 0) is 0 Å². The van der Waals surface area contributed by atoms with E-state index in [4.69, 9.17) is 4.74 Å². The van der Waals surface area contributed by atoms with Gasteiger partial charge in [0.1, 0.15) is 5.75 Å². The second-order valence-corrected chi connectivity index (χ2v) is 3.90. The summed E-state index contributed by atoms with van der Waals surface area (Å²) < 4.78 is 6.16. The van der Waals surface area contributed by atoms with E-state index in [1.54, 1.807) is 7.11 Å². The van der Waals surface area contributed by atoms with Crippen molar-refractivity contribution >= 4 is 15.9 Å². The third-order valence-electron chi connectivity index (χ3n) is 1.84. The Morgan fingerprint density at radius 3 is 2.42 bits per heavy atom. The van der Waals surface area contributed by atoms with Crippen molar-refractivity contribution in [1.29, 1.82) is 0 Å². The van der Waals surface area contributed by atoms with Crippen molar-refractivity contribution in [2.24, 2.45) is 0 Å². The topological polar surface area (TPSA) is 9.23 Å². The van der Waals surface area contributed by atoms with Crippen LogP contribution in [0, 0.1) is 0 Å². The van der Waals surface area contributed by atoms with E-state index in [1.165, 1.54) is 5.56 Å². The molecule has 1 rings (SSSR count). The zero-order valence-corrected chi connectivity index (χ0v) is 9.18. The summed E-state index contributed by atoms with van der Waals surface area (Å²) in [6, 6.07) is 6.18. The maximum atomic E-state index is 5.13. The lowest BCUT2D eigenvalue weighted by Gasteiger charge is -2.08. The molecule has 0 saturated carbocycles. The molecule has 12 heavy (non-hydrogen) atoms. The van der Waals surface area contributed by atoms with Crippen molar-refractivity contribution in [3.63, 3.8) is 0 Å². The quantitative estimate of drug-likeness (QED) is 0.753. The van der Waals surface area contributed by atoms with Crippen LogP contribution in [0.3, 0.4) is 0 Å². The molecule has 2 heteroatoms. The summed E-state index contributed by atoms with van der Waals surface area (Å²) in [5.41, 5.74) is 1.32. The molecule has 0 unspecified atom stereocenters. The predicted molar refractivity (Wildman–Crippen MR) is 54.8 cm³/mol. The fourth-order valence-electron chi connectivity index (χ4n) is 1.04. The van der Waals surface area contributed by atoms with Gasteiger partial charge in [-0.05, 0) is 39.5 Å². The van der Waals surface area contributed by atoms with Gasteiger partial charge in [0.15, 0.2) is 0 Å². The van der Waals surface area contributed by atoms with Crippen molar-refractivity contribution in [2.45, 2.75) is 19.8 Å². The molecule has 0 aliphatic heterocycles. The van der Waals surface area contributed by atoms with E-state index in [0.29, 0.717) is 5.92 Å². The molecule has 66 valence electrons. The van der Waals surface area contributed by atoms with Crippen LogP contribution in [0.1, 0.15) is 25.3 Å². The maximum Gasteiger partial charge on any atom is 0.133 e. The van der Waals surface area contributed by atoms with Crippen LogP contribution < -0.4 is 4.74 Å². The summed E-state index contributed by atoms with van der Waals surface area (Å²) in [6.07, 6.45) is 0. The molecule has 0 aromatic heterocycles. The lowest BCUT2D eigenvalue weighted by atomic mass is 10.0. The third-order valence-corrected chi connectivity index (χ3v) is 2.46. The largest absolute Gasteiger partial charge is 0.496 e. The van der Waals surface area contributed by atoms with Gasteiger partial charge in [-0.15, -0.1) is 0 Å². The molecular formula is C10H13BrO. The number of hydrogen-bond acceptors (Lipinski definition) is 1. The number of rotatable bonds is 2. The SMILES string of the molecule is COc1ccc(C(C)C)cc1Br. The summed E-state index contributed by atoms with van der Waals surface area (Å²) in [5, 5.41) is 0. The average Bonchev–Trinajstić information content (AvgIpc) is 2.04. The van der Waals surface area contributed by atoms with E-state index >= 15 is 0 Å². The first-order valence-electron chi connectivity index (χ1n) is 3.98. The highest BCUT2D eigenvalue weighted by molar-refractivity contribution is 9.10. The van der Waals surface area contributed by atoms with Gasteiger partial charge in [0.05, 0.1) is 11.6 Å². The van der Waals surface area contributed by atoms with Gasteiger partial charge < -0.3 is 4.74 Å². The van der Waals surface area contributed by atoms with Gasteiger partial charge in [0.25, 0.3) is 0 Å². The highest BCUT2D eigenvalue weighted by Gasteiger charge is 2.03. The number of ether oxygens (including phenoxy) is 1. The predicted octanol–water partition coefficient (Wildman–Crippen LogP) is 3.58. The van der Waals surface area contributed by atoms with E-state index in [0.717, 1.165) is 10.2 Å². The minimum absolute atomic E-state index is 0.562. The van der Waals surface area contributed by atoms with Gasteiger partial charge in [-0.1, -0.05) is 19.9 Å². The summed E-state index contributed by atoms with van der Waals surface area (Å²) in [4.78, 5) is 0. The molecule has 0 aliphatic rings. The molecule has 0 saturated heterocycles. The Hall–Kier alpha value is -0.500. The third kappa shape index (κ3) is 2.01. The van der Waals surface area contributed by atoms with Crippen LogP contribution in [-0.4, -0.2) is 7.11 Å². The molecule has 0 amide bonds. The van der Waals surface area contributed by atoms with Crippen LogP contribution in [0.15, 0.2) is 22.7 Å². The van der Waals surface area contributed by atoms with Crippen LogP contribution in [0.4, 0.5) is 0 Å². The number of halogens is 1. The zero-order chi connectivity index (χ0) is 9.14. The Labute approximate surface area is 81.9 Å². The van der Waals surface area contributed by atoms with Crippen LogP contribution in [0.5, 0.6) is 5.75 Å². The Morgan fingerprint density at radius 2 is 2.00 bits per heavy atom. The fraction of sp³-hybridized carbons (Fsp3) is 0.400. The molecule has 0 radical (unpaired) electrons. The lowest BCUT2D eigenvalue weighted by molar-refractivity contribution is 0.412. The minimum atomic E-state index is 0.562. The molecular weight excluding hydrogens is 216 g/mol. The Balaban J connectivity index is 3.02. The molecule has 0 spiro atoms. The minimum Gasteiger partial charge on any atom is -0.496 e. The normalized spacial score (nSPS) is 10.4. The van der Waals surface area contributed by atoms with Crippen LogP contribution >= 0.6 is 15.9 Å². The molecule has 1 nitrogen and oxygen atoms in total. The molecule has 1 aromatic carbocycles. The van der Waals surface area contributed by atoms with Gasteiger partial charge in [-0.25, -0.2) is 0 Å².